The van der Waals surface area contributed by atoms with Crippen LogP contribution in [0.2, 0.25) is 0 Å². The van der Waals surface area contributed by atoms with E-state index in [1.165, 1.54) is 108 Å². The molecule has 0 aromatic rings. The molecular weight excluding hydrogens is 484 g/mol. The van der Waals surface area contributed by atoms with E-state index < -0.39 is 7.60 Å². The van der Waals surface area contributed by atoms with E-state index >= 15 is 0 Å². The Bertz CT molecular complexity index is 353. The number of rotatable bonds is 21. The van der Waals surface area contributed by atoms with Gasteiger partial charge in [0.1, 0.15) is 0 Å². The number of hydrogen-bond donors (Lipinski definition) is 3. The van der Waals surface area contributed by atoms with E-state index in [0.717, 1.165) is 13.1 Å². The van der Waals surface area contributed by atoms with Gasteiger partial charge in [-0.2, -0.15) is 0 Å². The zero-order valence-corrected chi connectivity index (χ0v) is 21.8. The monoisotopic (exact) mass is 533 g/mol. The van der Waals surface area contributed by atoms with Crippen LogP contribution in [0.4, 0.5) is 0 Å². The average Bonchev–Trinajstić information content (AvgIpc) is 2.60. The van der Waals surface area contributed by atoms with Crippen molar-refractivity contribution in [3.8, 4) is 0 Å². The molecule has 0 aliphatic rings. The van der Waals surface area contributed by atoms with Crippen molar-refractivity contribution < 1.29 is 43.2 Å². The van der Waals surface area contributed by atoms with Crippen molar-refractivity contribution in [3.05, 3.63) is 0 Å². The molecule has 0 amide bonds. The minimum absolute atomic E-state index is 0. The second-order valence-electron chi connectivity index (χ2n) is 8.50. The van der Waals surface area contributed by atoms with E-state index in [0.29, 0.717) is 6.42 Å². The molecule has 0 saturated heterocycles. The summed E-state index contributed by atoms with van der Waals surface area (Å²) in [6, 6.07) is 0. The zero-order chi connectivity index (χ0) is 20.2. The molecule has 4 nitrogen and oxygen atoms in total. The molecule has 0 fully saturated rings. The summed E-state index contributed by atoms with van der Waals surface area (Å²) in [7, 11) is -1.67. The van der Waals surface area contributed by atoms with E-state index in [2.05, 4.69) is 14.0 Å². The van der Waals surface area contributed by atoms with Crippen molar-refractivity contribution in [1.82, 2.24) is 0 Å². The fourth-order valence-electron chi connectivity index (χ4n) is 3.69. The highest BCUT2D eigenvalue weighted by atomic mass is 127. The van der Waals surface area contributed by atoms with E-state index in [1.54, 1.807) is 0 Å². The van der Waals surface area contributed by atoms with Crippen molar-refractivity contribution >= 4 is 7.60 Å². The molecular formula is C22H49INO3P. The van der Waals surface area contributed by atoms with Gasteiger partial charge in [0.05, 0.1) is 26.3 Å². The maximum absolute atomic E-state index is 10.8. The maximum atomic E-state index is 10.8. The highest BCUT2D eigenvalue weighted by molar-refractivity contribution is 7.51. The first kappa shape index (κ1) is 31.0. The van der Waals surface area contributed by atoms with Crippen molar-refractivity contribution in [3.63, 3.8) is 0 Å². The first-order valence-corrected chi connectivity index (χ1v) is 13.6. The molecule has 0 spiro atoms. The molecule has 0 bridgehead atoms. The Morgan fingerprint density at radius 1 is 0.607 bits per heavy atom. The summed E-state index contributed by atoms with van der Waals surface area (Å²) in [4.78, 5) is 19.1. The number of unbranched alkanes of at least 4 members (excludes halogenated alkanes) is 15. The minimum Gasteiger partial charge on any atom is -1.00 e. The molecule has 3 N–H and O–H groups in total. The van der Waals surface area contributed by atoms with Crippen molar-refractivity contribution in [2.45, 2.75) is 116 Å². The van der Waals surface area contributed by atoms with Gasteiger partial charge >= 0.3 is 7.60 Å². The van der Waals surface area contributed by atoms with Gasteiger partial charge in [0.15, 0.2) is 0 Å². The summed E-state index contributed by atoms with van der Waals surface area (Å²) in [5.74, 6) is 0. The summed E-state index contributed by atoms with van der Waals surface area (Å²) in [6.07, 6.45) is 22.9. The normalized spacial score (nSPS) is 12.7. The highest BCUT2D eigenvalue weighted by Crippen LogP contribution is 2.34. The van der Waals surface area contributed by atoms with Gasteiger partial charge in [-0.25, -0.2) is 0 Å². The van der Waals surface area contributed by atoms with E-state index in [-0.39, 0.29) is 30.1 Å². The van der Waals surface area contributed by atoms with Gasteiger partial charge in [0.2, 0.25) is 0 Å². The molecule has 6 heteroatoms. The van der Waals surface area contributed by atoms with Crippen LogP contribution in [0, 0.1) is 0 Å². The quantitative estimate of drug-likeness (QED) is 0.121. The summed E-state index contributed by atoms with van der Waals surface area (Å²) in [5, 5.41) is 0. The average molecular weight is 534 g/mol. The molecule has 0 aromatic carbocycles. The van der Waals surface area contributed by atoms with Crippen LogP contribution >= 0.6 is 7.60 Å². The molecule has 0 aliphatic carbocycles. The van der Waals surface area contributed by atoms with Gasteiger partial charge in [-0.1, -0.05) is 96.8 Å². The number of quaternary nitrogens is 1. The number of nitrogens with one attached hydrogen (secondary N) is 1. The summed E-state index contributed by atoms with van der Waals surface area (Å²) in [5.41, 5.74) is 0. The summed E-state index contributed by atoms with van der Waals surface area (Å²) < 4.78 is 10.8. The third-order valence-electron chi connectivity index (χ3n) is 5.51. The molecule has 28 heavy (non-hydrogen) atoms. The molecule has 172 valence electrons. The van der Waals surface area contributed by atoms with Crippen LogP contribution in [-0.2, 0) is 4.57 Å². The molecule has 0 saturated carbocycles. The van der Waals surface area contributed by atoms with Crippen molar-refractivity contribution in [1.29, 1.82) is 0 Å². The summed E-state index contributed by atoms with van der Waals surface area (Å²) >= 11 is 0. The Morgan fingerprint density at radius 3 is 1.29 bits per heavy atom. The second-order valence-corrected chi connectivity index (χ2v) is 10.3. The lowest BCUT2D eigenvalue weighted by Gasteiger charge is -2.14. The lowest BCUT2D eigenvalue weighted by Crippen LogP contribution is -3.09. The number of halogens is 1. The van der Waals surface area contributed by atoms with Gasteiger partial charge in [-0.05, 0) is 12.8 Å². The highest BCUT2D eigenvalue weighted by Gasteiger charge is 2.13. The van der Waals surface area contributed by atoms with E-state index in [1.807, 2.05) is 0 Å². The van der Waals surface area contributed by atoms with Crippen LogP contribution in [0.15, 0.2) is 0 Å². The van der Waals surface area contributed by atoms with Gasteiger partial charge in [0, 0.05) is 6.42 Å². The zero-order valence-electron chi connectivity index (χ0n) is 18.8. The standard InChI is InChI=1S/C22H48NO3P.HI/c1-3-4-5-6-7-8-9-10-11-12-13-14-15-16-17-18-20-23(2)21-19-22-27(24,25)26;/h3-22H2,1-2H3,(H2,24,25,26);1H. The van der Waals surface area contributed by atoms with E-state index in [4.69, 9.17) is 9.79 Å². The van der Waals surface area contributed by atoms with Gasteiger partial charge in [0.25, 0.3) is 0 Å². The largest absolute Gasteiger partial charge is 1.00 e. The Hall–Kier alpha value is 0.840. The molecule has 0 rings (SSSR count). The summed E-state index contributed by atoms with van der Waals surface area (Å²) in [6.45, 7) is 4.27. The van der Waals surface area contributed by atoms with E-state index in [9.17, 15) is 4.57 Å². The number of hydrogen-bond acceptors (Lipinski definition) is 1. The first-order valence-electron chi connectivity index (χ1n) is 11.8. The fraction of sp³-hybridized carbons (Fsp3) is 1.00. The van der Waals surface area contributed by atoms with Gasteiger partial charge in [-0.15, -0.1) is 0 Å². The Kier molecular flexibility index (Phi) is 25.0. The molecule has 1 atom stereocenters. The molecule has 1 unspecified atom stereocenters. The smallest absolute Gasteiger partial charge is 0.325 e. The Labute approximate surface area is 192 Å². The lowest BCUT2D eigenvalue weighted by molar-refractivity contribution is -0.879. The predicted molar refractivity (Wildman–Crippen MR) is 118 cm³/mol. The second kappa shape index (κ2) is 22.5. The molecule has 0 heterocycles. The third-order valence-corrected chi connectivity index (χ3v) is 6.41. The molecule has 0 radical (unpaired) electrons. The van der Waals surface area contributed by atoms with Crippen LogP contribution in [0.1, 0.15) is 116 Å². The van der Waals surface area contributed by atoms with Crippen LogP contribution in [0.3, 0.4) is 0 Å². The third kappa shape index (κ3) is 26.8. The Morgan fingerprint density at radius 2 is 0.929 bits per heavy atom. The topological polar surface area (TPSA) is 62.0 Å². The van der Waals surface area contributed by atoms with Crippen LogP contribution in [-0.4, -0.2) is 36.1 Å². The fourth-order valence-corrected chi connectivity index (χ4v) is 4.26. The Balaban J connectivity index is 0. The van der Waals surface area contributed by atoms with Crippen LogP contribution in [0.5, 0.6) is 0 Å². The van der Waals surface area contributed by atoms with Crippen molar-refractivity contribution in [2.24, 2.45) is 0 Å². The molecule has 0 aliphatic heterocycles. The van der Waals surface area contributed by atoms with Crippen LogP contribution < -0.4 is 28.9 Å². The maximum Gasteiger partial charge on any atom is 0.325 e. The van der Waals surface area contributed by atoms with Crippen LogP contribution in [0.25, 0.3) is 0 Å². The predicted octanol–water partition coefficient (Wildman–Crippen LogP) is 2.33. The minimum atomic E-state index is -3.80. The van der Waals surface area contributed by atoms with Crippen molar-refractivity contribution in [2.75, 3.05) is 26.3 Å². The SMILES string of the molecule is CCCCCCCCCCCCCCCCCC[NH+](C)CCCP(=O)(O)O.[I-]. The first-order chi connectivity index (χ1) is 13.0. The van der Waals surface area contributed by atoms with Gasteiger partial charge < -0.3 is 38.7 Å². The lowest BCUT2D eigenvalue weighted by atomic mass is 10.0. The molecule has 0 aromatic heterocycles. The van der Waals surface area contributed by atoms with Gasteiger partial charge in [-0.3, -0.25) is 4.57 Å².